The highest BCUT2D eigenvalue weighted by Crippen LogP contribution is 2.24. The molecule has 2 aromatic rings. The third-order valence-electron chi connectivity index (χ3n) is 4.69. The molecule has 8 nitrogen and oxygen atoms in total. The molecule has 0 amide bonds. The Morgan fingerprint density at radius 3 is 2.72 bits per heavy atom. The molecule has 0 saturated carbocycles. The lowest BCUT2D eigenvalue weighted by Gasteiger charge is -2.36. The van der Waals surface area contributed by atoms with Gasteiger partial charge in [-0.25, -0.2) is 9.78 Å². The Labute approximate surface area is 169 Å². The van der Waals surface area contributed by atoms with E-state index in [1.54, 1.807) is 19.2 Å². The topological polar surface area (TPSA) is 96.9 Å². The lowest BCUT2D eigenvalue weighted by Crippen LogP contribution is -2.46. The molecule has 0 bridgehead atoms. The van der Waals surface area contributed by atoms with E-state index in [2.05, 4.69) is 0 Å². The molecule has 1 fully saturated rings. The summed E-state index contributed by atoms with van der Waals surface area (Å²) < 4.78 is 12.2. The number of ether oxygens (including phenoxy) is 2. The standard InChI is InChI=1S/C21H24N4O4/c1-5-28-21(27)16(10-22)9-17-19(24-11-14(3)29-15(4)12-24)23-18-13(2)7-6-8-25(18)20(17)26/h6-9,14-15H,5,11-12H2,1-4H3/b16-9+/t14-,15+. The van der Waals surface area contributed by atoms with E-state index in [0.717, 1.165) is 5.56 Å². The van der Waals surface area contributed by atoms with Crippen LogP contribution in [0.15, 0.2) is 28.7 Å². The van der Waals surface area contributed by atoms with Crippen LogP contribution in [0, 0.1) is 18.3 Å². The average molecular weight is 396 g/mol. The van der Waals surface area contributed by atoms with Crippen molar-refractivity contribution in [2.75, 3.05) is 24.6 Å². The zero-order chi connectivity index (χ0) is 21.1. The molecule has 8 heteroatoms. The van der Waals surface area contributed by atoms with Crippen molar-refractivity contribution in [2.45, 2.75) is 39.9 Å². The molecular formula is C21H24N4O4. The van der Waals surface area contributed by atoms with E-state index >= 15 is 0 Å². The molecule has 2 aromatic heterocycles. The third kappa shape index (κ3) is 4.15. The number of aromatic nitrogens is 2. The average Bonchev–Trinajstić information content (AvgIpc) is 2.67. The molecule has 0 aromatic carbocycles. The van der Waals surface area contributed by atoms with Gasteiger partial charge in [0, 0.05) is 19.3 Å². The summed E-state index contributed by atoms with van der Waals surface area (Å²) in [5.41, 5.74) is 0.971. The second kappa shape index (κ2) is 8.45. The van der Waals surface area contributed by atoms with Gasteiger partial charge in [-0.15, -0.1) is 0 Å². The van der Waals surface area contributed by atoms with Gasteiger partial charge in [0.05, 0.1) is 24.4 Å². The summed E-state index contributed by atoms with van der Waals surface area (Å²) in [6, 6.07) is 5.47. The van der Waals surface area contributed by atoms with E-state index < -0.39 is 5.97 Å². The summed E-state index contributed by atoms with van der Waals surface area (Å²) in [6.45, 7) is 8.67. The fraction of sp³-hybridized carbons (Fsp3) is 0.429. The third-order valence-corrected chi connectivity index (χ3v) is 4.69. The van der Waals surface area contributed by atoms with Gasteiger partial charge in [0.15, 0.2) is 0 Å². The van der Waals surface area contributed by atoms with E-state index in [-0.39, 0.29) is 35.5 Å². The molecule has 29 heavy (non-hydrogen) atoms. The lowest BCUT2D eigenvalue weighted by atomic mass is 10.1. The second-order valence-corrected chi connectivity index (χ2v) is 7.09. The summed E-state index contributed by atoms with van der Waals surface area (Å²) in [5, 5.41) is 9.44. The van der Waals surface area contributed by atoms with E-state index in [1.165, 1.54) is 10.5 Å². The highest BCUT2D eigenvalue weighted by Gasteiger charge is 2.27. The molecule has 1 aliphatic heterocycles. The Morgan fingerprint density at radius 2 is 2.10 bits per heavy atom. The fourth-order valence-electron chi connectivity index (χ4n) is 3.51. The van der Waals surface area contributed by atoms with E-state index in [9.17, 15) is 14.9 Å². The Bertz CT molecular complexity index is 1060. The molecular weight excluding hydrogens is 372 g/mol. The zero-order valence-electron chi connectivity index (χ0n) is 17.0. The molecule has 3 heterocycles. The zero-order valence-corrected chi connectivity index (χ0v) is 17.0. The van der Waals surface area contributed by atoms with Crippen LogP contribution in [0.2, 0.25) is 0 Å². The Hall–Kier alpha value is -3.18. The number of carbonyl (C=O) groups excluding carboxylic acids is 1. The smallest absolute Gasteiger partial charge is 0.348 e. The van der Waals surface area contributed by atoms with Crippen LogP contribution in [-0.2, 0) is 14.3 Å². The number of nitrogens with zero attached hydrogens (tertiary/aromatic N) is 4. The number of nitriles is 1. The van der Waals surface area contributed by atoms with Crippen molar-refractivity contribution in [2.24, 2.45) is 0 Å². The molecule has 0 radical (unpaired) electrons. The van der Waals surface area contributed by atoms with Crippen LogP contribution in [0.3, 0.4) is 0 Å². The Morgan fingerprint density at radius 1 is 1.41 bits per heavy atom. The van der Waals surface area contributed by atoms with Crippen LogP contribution in [0.5, 0.6) is 0 Å². The fourth-order valence-corrected chi connectivity index (χ4v) is 3.51. The summed E-state index contributed by atoms with van der Waals surface area (Å²) in [6.07, 6.45) is 2.81. The number of morpholine rings is 1. The molecule has 1 aliphatic rings. The van der Waals surface area contributed by atoms with E-state index in [0.29, 0.717) is 24.6 Å². The maximum absolute atomic E-state index is 13.3. The van der Waals surface area contributed by atoms with Crippen LogP contribution in [-0.4, -0.2) is 47.3 Å². The van der Waals surface area contributed by atoms with Crippen LogP contribution >= 0.6 is 0 Å². The minimum Gasteiger partial charge on any atom is -0.462 e. The van der Waals surface area contributed by atoms with Gasteiger partial charge in [0.2, 0.25) is 0 Å². The minimum atomic E-state index is -0.765. The highest BCUT2D eigenvalue weighted by molar-refractivity contribution is 5.98. The van der Waals surface area contributed by atoms with Crippen molar-refractivity contribution in [3.8, 4) is 6.07 Å². The number of carbonyl (C=O) groups is 1. The van der Waals surface area contributed by atoms with Crippen molar-refractivity contribution < 1.29 is 14.3 Å². The molecule has 152 valence electrons. The number of hydrogen-bond acceptors (Lipinski definition) is 7. The summed E-state index contributed by atoms with van der Waals surface area (Å²) in [5.74, 6) is -0.332. The van der Waals surface area contributed by atoms with Gasteiger partial charge in [-0.05, 0) is 45.4 Å². The predicted molar refractivity (Wildman–Crippen MR) is 109 cm³/mol. The van der Waals surface area contributed by atoms with Gasteiger partial charge in [-0.3, -0.25) is 9.20 Å². The van der Waals surface area contributed by atoms with E-state index in [4.69, 9.17) is 14.5 Å². The SMILES string of the molecule is CCOC(=O)/C(C#N)=C/c1c(N2C[C@@H](C)O[C@@H](C)C2)nc2c(C)cccn2c1=O. The number of pyridine rings is 1. The van der Waals surface area contributed by atoms with Crippen molar-refractivity contribution in [3.63, 3.8) is 0 Å². The summed E-state index contributed by atoms with van der Waals surface area (Å²) in [4.78, 5) is 32.1. The van der Waals surface area contributed by atoms with Crippen molar-refractivity contribution >= 4 is 23.5 Å². The largest absolute Gasteiger partial charge is 0.462 e. The van der Waals surface area contributed by atoms with Gasteiger partial charge >= 0.3 is 5.97 Å². The maximum atomic E-state index is 13.3. The number of anilines is 1. The van der Waals surface area contributed by atoms with Crippen LogP contribution in [0.4, 0.5) is 5.82 Å². The molecule has 0 aliphatic carbocycles. The number of esters is 1. The molecule has 1 saturated heterocycles. The van der Waals surface area contributed by atoms with Gasteiger partial charge in [-0.1, -0.05) is 6.07 Å². The first-order valence-electron chi connectivity index (χ1n) is 9.57. The van der Waals surface area contributed by atoms with Crippen molar-refractivity contribution in [3.05, 3.63) is 45.4 Å². The summed E-state index contributed by atoms with van der Waals surface area (Å²) >= 11 is 0. The quantitative estimate of drug-likeness (QED) is 0.443. The second-order valence-electron chi connectivity index (χ2n) is 7.09. The van der Waals surface area contributed by atoms with E-state index in [1.807, 2.05) is 37.8 Å². The Kier molecular flexibility index (Phi) is 5.99. The number of rotatable bonds is 4. The first-order valence-corrected chi connectivity index (χ1v) is 9.57. The molecule has 3 rings (SSSR count). The normalized spacial score (nSPS) is 19.8. The molecule has 2 atom stereocenters. The number of hydrogen-bond donors (Lipinski definition) is 0. The van der Waals surface area contributed by atoms with Gasteiger partial charge < -0.3 is 14.4 Å². The van der Waals surface area contributed by atoms with Gasteiger partial charge in [0.1, 0.15) is 23.1 Å². The van der Waals surface area contributed by atoms with Crippen LogP contribution < -0.4 is 10.5 Å². The first-order chi connectivity index (χ1) is 13.8. The molecule has 0 unspecified atom stereocenters. The van der Waals surface area contributed by atoms with Crippen molar-refractivity contribution in [1.82, 2.24) is 9.38 Å². The number of aryl methyl sites for hydroxylation is 1. The van der Waals surface area contributed by atoms with Gasteiger partial charge in [0.25, 0.3) is 5.56 Å². The van der Waals surface area contributed by atoms with Crippen LogP contribution in [0.1, 0.15) is 31.9 Å². The van der Waals surface area contributed by atoms with Crippen LogP contribution in [0.25, 0.3) is 11.7 Å². The maximum Gasteiger partial charge on any atom is 0.348 e. The predicted octanol–water partition coefficient (Wildman–Crippen LogP) is 2.09. The molecule has 0 N–H and O–H groups in total. The number of fused-ring (bicyclic) bond motifs is 1. The Balaban J connectivity index is 2.26. The first kappa shape index (κ1) is 20.6. The van der Waals surface area contributed by atoms with Gasteiger partial charge in [-0.2, -0.15) is 5.26 Å². The minimum absolute atomic E-state index is 0.0480. The lowest BCUT2D eigenvalue weighted by molar-refractivity contribution is -0.137. The monoisotopic (exact) mass is 396 g/mol. The van der Waals surface area contributed by atoms with Crippen molar-refractivity contribution in [1.29, 1.82) is 5.26 Å². The molecule has 0 spiro atoms. The summed E-state index contributed by atoms with van der Waals surface area (Å²) in [7, 11) is 0. The highest BCUT2D eigenvalue weighted by atomic mass is 16.5.